The molecule has 1 unspecified atom stereocenters. The summed E-state index contributed by atoms with van der Waals surface area (Å²) in [5, 5.41) is 12.7. The highest BCUT2D eigenvalue weighted by molar-refractivity contribution is 5.64. The second-order valence-electron chi connectivity index (χ2n) is 7.05. The number of nitrogens with zero attached hydrogens (tertiary/aromatic N) is 1. The summed E-state index contributed by atoms with van der Waals surface area (Å²) in [7, 11) is 0. The van der Waals surface area contributed by atoms with Crippen molar-refractivity contribution in [3.05, 3.63) is 88.8 Å². The van der Waals surface area contributed by atoms with E-state index in [1.165, 1.54) is 11.1 Å². The maximum Gasteiger partial charge on any atom is 0.104 e. The van der Waals surface area contributed by atoms with Gasteiger partial charge in [-0.15, -0.1) is 0 Å². The molecular formula is C24H25NO. The molecule has 0 bridgehead atoms. The molecule has 2 heteroatoms. The van der Waals surface area contributed by atoms with E-state index >= 15 is 0 Å². The van der Waals surface area contributed by atoms with Crippen molar-refractivity contribution in [2.24, 2.45) is 0 Å². The molecule has 0 aliphatic carbocycles. The Bertz CT molecular complexity index is 866. The Morgan fingerprint density at radius 1 is 0.962 bits per heavy atom. The number of unbranched alkanes of at least 4 members (excludes halogenated alkanes) is 1. The van der Waals surface area contributed by atoms with Crippen LogP contribution < -0.4 is 0 Å². The molecule has 1 heterocycles. The summed E-state index contributed by atoms with van der Waals surface area (Å²) in [6.45, 7) is 5.17. The number of rotatable bonds is 4. The van der Waals surface area contributed by atoms with Crippen LogP contribution in [0.5, 0.6) is 0 Å². The van der Waals surface area contributed by atoms with Crippen molar-refractivity contribution < 1.29 is 4.65 Å². The van der Waals surface area contributed by atoms with Crippen molar-refractivity contribution >= 4 is 0 Å². The van der Waals surface area contributed by atoms with E-state index in [2.05, 4.69) is 54.3 Å². The molecule has 0 aromatic heterocycles. The number of hydroxylamine groups is 3. The third-order valence-corrected chi connectivity index (χ3v) is 4.49. The quantitative estimate of drug-likeness (QED) is 0.304. The Morgan fingerprint density at radius 3 is 2.35 bits per heavy atom. The van der Waals surface area contributed by atoms with Crippen molar-refractivity contribution in [2.75, 3.05) is 13.1 Å². The van der Waals surface area contributed by atoms with Gasteiger partial charge in [-0.2, -0.15) is 0 Å². The number of benzene rings is 2. The van der Waals surface area contributed by atoms with Gasteiger partial charge in [0.1, 0.15) is 6.54 Å². The maximum atomic E-state index is 12.7. The number of quaternary nitrogens is 1. The molecule has 3 rings (SSSR count). The smallest absolute Gasteiger partial charge is 0.104 e. The molecule has 0 saturated heterocycles. The minimum Gasteiger partial charge on any atom is -0.628 e. The fourth-order valence-electron chi connectivity index (χ4n) is 3.43. The Balaban J connectivity index is 1.52. The Kier molecular flexibility index (Phi) is 5.73. The highest BCUT2D eigenvalue weighted by atomic mass is 16.5. The fraction of sp³-hybridized carbons (Fsp3) is 0.250. The SMILES string of the molecule is CC1=C[N+]([O-])(CCCC#Cc2ccc(-c3ccccc3)cc2)CC(C)=C1. The highest BCUT2D eigenvalue weighted by Gasteiger charge is 2.18. The molecule has 132 valence electrons. The van der Waals surface area contributed by atoms with Crippen LogP contribution in [-0.4, -0.2) is 17.7 Å². The molecule has 2 aromatic rings. The van der Waals surface area contributed by atoms with Crippen LogP contribution in [0, 0.1) is 17.0 Å². The Morgan fingerprint density at radius 2 is 1.65 bits per heavy atom. The van der Waals surface area contributed by atoms with Gasteiger partial charge in [0, 0.05) is 24.0 Å². The molecule has 0 saturated carbocycles. The van der Waals surface area contributed by atoms with Gasteiger partial charge < -0.3 is 9.85 Å². The lowest BCUT2D eigenvalue weighted by atomic mass is 10.0. The molecule has 0 N–H and O–H groups in total. The average molecular weight is 343 g/mol. The minimum absolute atomic E-state index is 0.248. The molecule has 0 spiro atoms. The lowest BCUT2D eigenvalue weighted by Gasteiger charge is -2.41. The van der Waals surface area contributed by atoms with E-state index in [0.29, 0.717) is 13.1 Å². The summed E-state index contributed by atoms with van der Waals surface area (Å²) in [5.74, 6) is 6.41. The van der Waals surface area contributed by atoms with Gasteiger partial charge in [-0.05, 0) is 48.8 Å². The average Bonchev–Trinajstić information content (AvgIpc) is 2.61. The number of hydrogen-bond acceptors (Lipinski definition) is 1. The zero-order valence-corrected chi connectivity index (χ0v) is 15.5. The van der Waals surface area contributed by atoms with Crippen LogP contribution in [0.3, 0.4) is 0 Å². The van der Waals surface area contributed by atoms with Crippen LogP contribution in [-0.2, 0) is 0 Å². The van der Waals surface area contributed by atoms with E-state index in [1.807, 2.05) is 38.2 Å². The van der Waals surface area contributed by atoms with Gasteiger partial charge in [-0.25, -0.2) is 0 Å². The molecule has 1 aliphatic rings. The highest BCUT2D eigenvalue weighted by Crippen LogP contribution is 2.21. The summed E-state index contributed by atoms with van der Waals surface area (Å²) >= 11 is 0. The van der Waals surface area contributed by atoms with Crippen LogP contribution >= 0.6 is 0 Å². The second kappa shape index (κ2) is 8.19. The van der Waals surface area contributed by atoms with Crippen LogP contribution in [0.1, 0.15) is 32.3 Å². The normalized spacial score (nSPS) is 19.2. The van der Waals surface area contributed by atoms with Crippen LogP contribution in [0.15, 0.2) is 78.0 Å². The zero-order chi connectivity index (χ0) is 18.4. The molecule has 0 fully saturated rings. The van der Waals surface area contributed by atoms with Crippen molar-refractivity contribution in [3.8, 4) is 23.0 Å². The third-order valence-electron chi connectivity index (χ3n) is 4.49. The molecule has 26 heavy (non-hydrogen) atoms. The van der Waals surface area contributed by atoms with E-state index < -0.39 is 0 Å². The molecule has 1 atom stereocenters. The van der Waals surface area contributed by atoms with Crippen LogP contribution in [0.4, 0.5) is 0 Å². The van der Waals surface area contributed by atoms with Gasteiger partial charge in [0.15, 0.2) is 0 Å². The number of allylic oxidation sites excluding steroid dienone is 2. The molecule has 0 radical (unpaired) electrons. The standard InChI is InChI=1S/C24H25NO/c1-20-17-21(2)19-25(26,18-20)16-8-4-5-9-22-12-14-24(15-13-22)23-10-6-3-7-11-23/h3,6-7,10-15,17-18H,4,8,16,19H2,1-2H3. The van der Waals surface area contributed by atoms with Crippen molar-refractivity contribution in [2.45, 2.75) is 26.7 Å². The van der Waals surface area contributed by atoms with E-state index in [0.717, 1.165) is 29.6 Å². The van der Waals surface area contributed by atoms with Gasteiger partial charge in [0.25, 0.3) is 0 Å². The predicted molar refractivity (Wildman–Crippen MR) is 109 cm³/mol. The van der Waals surface area contributed by atoms with Gasteiger partial charge in [0.2, 0.25) is 0 Å². The van der Waals surface area contributed by atoms with Gasteiger partial charge in [-0.3, -0.25) is 0 Å². The molecule has 0 amide bonds. The van der Waals surface area contributed by atoms with Crippen LogP contribution in [0.2, 0.25) is 0 Å². The first kappa shape index (κ1) is 18.2. The van der Waals surface area contributed by atoms with E-state index in [4.69, 9.17) is 0 Å². The first-order chi connectivity index (χ1) is 12.5. The van der Waals surface area contributed by atoms with Crippen molar-refractivity contribution in [3.63, 3.8) is 0 Å². The summed E-state index contributed by atoms with van der Waals surface area (Å²) in [5.41, 5.74) is 5.65. The van der Waals surface area contributed by atoms with Crippen LogP contribution in [0.25, 0.3) is 11.1 Å². The van der Waals surface area contributed by atoms with Crippen molar-refractivity contribution in [1.29, 1.82) is 0 Å². The van der Waals surface area contributed by atoms with E-state index in [-0.39, 0.29) is 4.65 Å². The minimum atomic E-state index is -0.248. The molecule has 2 aromatic carbocycles. The largest absolute Gasteiger partial charge is 0.628 e. The zero-order valence-electron chi connectivity index (χ0n) is 15.5. The summed E-state index contributed by atoms with van der Waals surface area (Å²) in [4.78, 5) is 0. The predicted octanol–water partition coefficient (Wildman–Crippen LogP) is 5.66. The van der Waals surface area contributed by atoms with E-state index in [1.54, 1.807) is 0 Å². The maximum absolute atomic E-state index is 12.7. The fourth-order valence-corrected chi connectivity index (χ4v) is 3.43. The summed E-state index contributed by atoms with van der Waals surface area (Å²) in [6, 6.07) is 18.7. The molecule has 1 aliphatic heterocycles. The Hall–Kier alpha value is -2.60. The van der Waals surface area contributed by atoms with Gasteiger partial charge in [-0.1, -0.05) is 54.3 Å². The number of hydrogen-bond donors (Lipinski definition) is 0. The lowest BCUT2D eigenvalue weighted by Crippen LogP contribution is -2.40. The molecular weight excluding hydrogens is 318 g/mol. The van der Waals surface area contributed by atoms with E-state index in [9.17, 15) is 5.21 Å². The second-order valence-corrected chi connectivity index (χ2v) is 7.05. The summed E-state index contributed by atoms with van der Waals surface area (Å²) < 4.78 is -0.248. The van der Waals surface area contributed by atoms with Crippen molar-refractivity contribution in [1.82, 2.24) is 0 Å². The summed E-state index contributed by atoms with van der Waals surface area (Å²) in [6.07, 6.45) is 5.48. The van der Waals surface area contributed by atoms with Gasteiger partial charge in [0.05, 0.1) is 12.7 Å². The third kappa shape index (κ3) is 4.95. The first-order valence-electron chi connectivity index (χ1n) is 9.13. The monoisotopic (exact) mass is 343 g/mol. The molecule has 2 nitrogen and oxygen atoms in total. The van der Waals surface area contributed by atoms with Gasteiger partial charge >= 0.3 is 0 Å². The lowest BCUT2D eigenvalue weighted by molar-refractivity contribution is -0.825. The Labute approximate surface area is 156 Å². The first-order valence-corrected chi connectivity index (χ1v) is 9.13. The topological polar surface area (TPSA) is 23.1 Å².